The van der Waals surface area contributed by atoms with Gasteiger partial charge >= 0.3 is 0 Å². The Morgan fingerprint density at radius 3 is 2.69 bits per heavy atom. The van der Waals surface area contributed by atoms with Crippen LogP contribution in [0.1, 0.15) is 13.8 Å². The van der Waals surface area contributed by atoms with Crippen molar-refractivity contribution in [2.75, 3.05) is 11.9 Å². The molecule has 0 aliphatic carbocycles. The van der Waals surface area contributed by atoms with Crippen LogP contribution < -0.4 is 5.32 Å². The Morgan fingerprint density at radius 1 is 1.54 bits per heavy atom. The normalized spacial score (nSPS) is 13.3. The second-order valence-corrected chi connectivity index (χ2v) is 3.32. The molecule has 0 aliphatic heterocycles. The number of tetrazole rings is 1. The van der Waals surface area contributed by atoms with Crippen LogP contribution in [0.2, 0.25) is 0 Å². The van der Waals surface area contributed by atoms with Crippen molar-refractivity contribution in [3.63, 3.8) is 0 Å². The Labute approximate surface area is 76.9 Å². The average molecular weight is 185 g/mol. The molecule has 74 valence electrons. The highest BCUT2D eigenvalue weighted by molar-refractivity contribution is 5.20. The van der Waals surface area contributed by atoms with E-state index in [1.165, 1.54) is 4.68 Å². The number of anilines is 1. The van der Waals surface area contributed by atoms with Crippen molar-refractivity contribution in [3.8, 4) is 0 Å². The second kappa shape index (κ2) is 4.18. The summed E-state index contributed by atoms with van der Waals surface area (Å²) in [4.78, 5) is 0. The molecule has 0 saturated heterocycles. The van der Waals surface area contributed by atoms with Crippen LogP contribution in [0.25, 0.3) is 0 Å². The summed E-state index contributed by atoms with van der Waals surface area (Å²) in [5, 5.41) is 23.3. The van der Waals surface area contributed by atoms with E-state index in [1.807, 2.05) is 13.8 Å². The number of aryl methyl sites for hydroxylation is 1. The molecule has 1 heterocycles. The van der Waals surface area contributed by atoms with Crippen LogP contribution in [0.4, 0.5) is 5.95 Å². The number of hydrogen-bond donors (Lipinski definition) is 2. The van der Waals surface area contributed by atoms with Gasteiger partial charge in [0.25, 0.3) is 0 Å². The molecule has 0 aromatic carbocycles. The first kappa shape index (κ1) is 9.91. The van der Waals surface area contributed by atoms with E-state index in [0.29, 0.717) is 12.5 Å². The van der Waals surface area contributed by atoms with Crippen molar-refractivity contribution in [1.82, 2.24) is 20.2 Å². The maximum Gasteiger partial charge on any atom is 0.242 e. The van der Waals surface area contributed by atoms with Crippen molar-refractivity contribution in [2.24, 2.45) is 13.0 Å². The van der Waals surface area contributed by atoms with Gasteiger partial charge in [-0.3, -0.25) is 0 Å². The van der Waals surface area contributed by atoms with Gasteiger partial charge < -0.3 is 10.4 Å². The Bertz CT molecular complexity index is 259. The molecule has 13 heavy (non-hydrogen) atoms. The monoisotopic (exact) mass is 185 g/mol. The fraction of sp³-hybridized carbons (Fsp3) is 0.857. The van der Waals surface area contributed by atoms with E-state index >= 15 is 0 Å². The molecule has 0 spiro atoms. The fourth-order valence-electron chi connectivity index (χ4n) is 0.811. The van der Waals surface area contributed by atoms with Crippen molar-refractivity contribution in [2.45, 2.75) is 20.0 Å². The van der Waals surface area contributed by atoms with Gasteiger partial charge in [0.1, 0.15) is 0 Å². The number of aromatic nitrogens is 4. The number of hydrogen-bond acceptors (Lipinski definition) is 5. The molecule has 0 amide bonds. The summed E-state index contributed by atoms with van der Waals surface area (Å²) < 4.78 is 1.52. The Balaban J connectivity index is 2.39. The summed E-state index contributed by atoms with van der Waals surface area (Å²) >= 11 is 0. The van der Waals surface area contributed by atoms with Crippen molar-refractivity contribution >= 4 is 5.95 Å². The van der Waals surface area contributed by atoms with E-state index in [1.54, 1.807) is 7.05 Å². The van der Waals surface area contributed by atoms with Crippen LogP contribution in [0.5, 0.6) is 0 Å². The second-order valence-electron chi connectivity index (χ2n) is 3.32. The molecule has 6 nitrogen and oxygen atoms in total. The highest BCUT2D eigenvalue weighted by atomic mass is 16.3. The van der Waals surface area contributed by atoms with Gasteiger partial charge in [-0.05, 0) is 16.3 Å². The van der Waals surface area contributed by atoms with Crippen LogP contribution in [0.3, 0.4) is 0 Å². The van der Waals surface area contributed by atoms with Crippen LogP contribution in [-0.2, 0) is 7.05 Å². The van der Waals surface area contributed by atoms with E-state index in [2.05, 4.69) is 20.8 Å². The first-order valence-corrected chi connectivity index (χ1v) is 4.25. The van der Waals surface area contributed by atoms with E-state index < -0.39 is 0 Å². The van der Waals surface area contributed by atoms with Crippen molar-refractivity contribution in [1.29, 1.82) is 0 Å². The summed E-state index contributed by atoms with van der Waals surface area (Å²) in [7, 11) is 1.74. The largest absolute Gasteiger partial charge is 0.391 e. The van der Waals surface area contributed by atoms with Crippen molar-refractivity contribution in [3.05, 3.63) is 0 Å². The number of aliphatic hydroxyl groups excluding tert-OH is 1. The Morgan fingerprint density at radius 2 is 2.23 bits per heavy atom. The van der Waals surface area contributed by atoms with Crippen LogP contribution >= 0.6 is 0 Å². The van der Waals surface area contributed by atoms with Gasteiger partial charge in [-0.25, -0.2) is 4.68 Å². The summed E-state index contributed by atoms with van der Waals surface area (Å²) in [6.45, 7) is 4.38. The van der Waals surface area contributed by atoms with Gasteiger partial charge in [0.2, 0.25) is 5.95 Å². The molecule has 1 rings (SSSR count). The minimum Gasteiger partial charge on any atom is -0.391 e. The van der Waals surface area contributed by atoms with Gasteiger partial charge in [0.15, 0.2) is 0 Å². The molecule has 0 aliphatic rings. The standard InChI is InChI=1S/C7H15N5O/c1-5(2)6(13)4-8-7-9-10-11-12(7)3/h5-6,13H,4H2,1-3H3,(H,8,9,11). The smallest absolute Gasteiger partial charge is 0.242 e. The summed E-state index contributed by atoms with van der Waals surface area (Å²) in [6.07, 6.45) is -0.378. The molecule has 1 aromatic rings. The van der Waals surface area contributed by atoms with Gasteiger partial charge in [0.05, 0.1) is 6.10 Å². The van der Waals surface area contributed by atoms with E-state index in [-0.39, 0.29) is 12.0 Å². The number of nitrogens with zero attached hydrogens (tertiary/aromatic N) is 4. The topological polar surface area (TPSA) is 75.9 Å². The quantitative estimate of drug-likeness (QED) is 0.670. The lowest BCUT2D eigenvalue weighted by Gasteiger charge is -2.14. The Hall–Kier alpha value is -1.17. The average Bonchev–Trinajstić information content (AvgIpc) is 2.47. The van der Waals surface area contributed by atoms with Gasteiger partial charge in [0, 0.05) is 13.6 Å². The lowest BCUT2D eigenvalue weighted by Crippen LogP contribution is -2.25. The molecule has 0 saturated carbocycles. The third-order valence-electron chi connectivity index (χ3n) is 1.86. The SMILES string of the molecule is CC(C)C(O)CNc1nnnn1C. The maximum absolute atomic E-state index is 9.48. The zero-order valence-corrected chi connectivity index (χ0v) is 8.10. The minimum atomic E-state index is -0.378. The van der Waals surface area contributed by atoms with E-state index in [9.17, 15) is 5.11 Å². The zero-order chi connectivity index (χ0) is 9.84. The molecule has 2 N–H and O–H groups in total. The molecular formula is C7H15N5O. The Kier molecular flexibility index (Phi) is 3.18. The summed E-state index contributed by atoms with van der Waals surface area (Å²) in [5.74, 6) is 0.799. The lowest BCUT2D eigenvalue weighted by atomic mass is 10.1. The molecule has 6 heteroatoms. The molecule has 1 atom stereocenters. The number of nitrogens with one attached hydrogen (secondary N) is 1. The molecular weight excluding hydrogens is 170 g/mol. The molecule has 0 bridgehead atoms. The number of rotatable bonds is 4. The lowest BCUT2D eigenvalue weighted by molar-refractivity contribution is 0.137. The zero-order valence-electron chi connectivity index (χ0n) is 8.10. The third-order valence-corrected chi connectivity index (χ3v) is 1.86. The fourth-order valence-corrected chi connectivity index (χ4v) is 0.811. The third kappa shape index (κ3) is 2.66. The predicted octanol–water partition coefficient (Wildman–Crippen LogP) is -0.361. The van der Waals surface area contributed by atoms with Crippen molar-refractivity contribution < 1.29 is 5.11 Å². The van der Waals surface area contributed by atoms with Crippen LogP contribution in [-0.4, -0.2) is 38.0 Å². The first-order valence-electron chi connectivity index (χ1n) is 4.25. The van der Waals surface area contributed by atoms with Gasteiger partial charge in [-0.1, -0.05) is 18.9 Å². The van der Waals surface area contributed by atoms with Gasteiger partial charge in [-0.15, -0.1) is 0 Å². The highest BCUT2D eigenvalue weighted by Gasteiger charge is 2.09. The molecule has 1 aromatic heterocycles. The van der Waals surface area contributed by atoms with Gasteiger partial charge in [-0.2, -0.15) is 0 Å². The van der Waals surface area contributed by atoms with E-state index in [4.69, 9.17) is 0 Å². The first-order chi connectivity index (χ1) is 6.11. The number of aliphatic hydroxyl groups is 1. The minimum absolute atomic E-state index is 0.230. The molecule has 0 fully saturated rings. The maximum atomic E-state index is 9.48. The highest BCUT2D eigenvalue weighted by Crippen LogP contribution is 2.02. The van der Waals surface area contributed by atoms with Crippen LogP contribution in [0, 0.1) is 5.92 Å². The van der Waals surface area contributed by atoms with Crippen LogP contribution in [0.15, 0.2) is 0 Å². The van der Waals surface area contributed by atoms with E-state index in [0.717, 1.165) is 0 Å². The summed E-state index contributed by atoms with van der Waals surface area (Å²) in [5.41, 5.74) is 0. The molecule has 0 radical (unpaired) electrons. The molecule has 1 unspecified atom stereocenters. The predicted molar refractivity (Wildman–Crippen MR) is 48.1 cm³/mol. The summed E-state index contributed by atoms with van der Waals surface area (Å²) in [6, 6.07) is 0.